The van der Waals surface area contributed by atoms with E-state index in [0.29, 0.717) is 18.0 Å². The molecule has 0 bridgehead atoms. The molecular formula is C14H21N3O2S2. The molecule has 0 spiro atoms. The molecular weight excluding hydrogens is 306 g/mol. The lowest BCUT2D eigenvalue weighted by atomic mass is 10.1. The van der Waals surface area contributed by atoms with E-state index in [2.05, 4.69) is 11.9 Å². The number of benzene rings is 1. The SMILES string of the molecule is CN1CCC(CN(C)S(=O)(=O)c2ccc(C(N)=S)cc2)C1. The van der Waals surface area contributed by atoms with Crippen LogP contribution < -0.4 is 5.73 Å². The molecule has 21 heavy (non-hydrogen) atoms. The quantitative estimate of drug-likeness (QED) is 0.814. The van der Waals surface area contributed by atoms with Crippen LogP contribution in [-0.2, 0) is 10.0 Å². The average Bonchev–Trinajstić information content (AvgIpc) is 2.84. The van der Waals surface area contributed by atoms with E-state index in [0.717, 1.165) is 19.5 Å². The highest BCUT2D eigenvalue weighted by Gasteiger charge is 2.27. The van der Waals surface area contributed by atoms with Crippen LogP contribution in [0.3, 0.4) is 0 Å². The van der Waals surface area contributed by atoms with Crippen LogP contribution in [0.1, 0.15) is 12.0 Å². The fourth-order valence-corrected chi connectivity index (χ4v) is 3.99. The van der Waals surface area contributed by atoms with Crippen molar-refractivity contribution in [2.45, 2.75) is 11.3 Å². The van der Waals surface area contributed by atoms with Gasteiger partial charge in [0.2, 0.25) is 10.0 Å². The number of hydrogen-bond donors (Lipinski definition) is 1. The molecule has 1 atom stereocenters. The molecule has 1 heterocycles. The molecule has 0 saturated carbocycles. The Balaban J connectivity index is 2.11. The topological polar surface area (TPSA) is 66.6 Å². The summed E-state index contributed by atoms with van der Waals surface area (Å²) in [6, 6.07) is 6.40. The van der Waals surface area contributed by atoms with Crippen molar-refractivity contribution >= 4 is 27.2 Å². The number of thiocarbonyl (C=S) groups is 1. The first-order valence-corrected chi connectivity index (χ1v) is 8.70. The van der Waals surface area contributed by atoms with Gasteiger partial charge in [-0.3, -0.25) is 0 Å². The molecule has 0 aromatic heterocycles. The zero-order valence-corrected chi connectivity index (χ0v) is 14.0. The van der Waals surface area contributed by atoms with Crippen LogP contribution in [0.15, 0.2) is 29.2 Å². The van der Waals surface area contributed by atoms with Crippen LogP contribution in [0.2, 0.25) is 0 Å². The van der Waals surface area contributed by atoms with Gasteiger partial charge in [-0.1, -0.05) is 24.4 Å². The maximum Gasteiger partial charge on any atom is 0.242 e. The van der Waals surface area contributed by atoms with Crippen molar-refractivity contribution in [2.24, 2.45) is 11.7 Å². The summed E-state index contributed by atoms with van der Waals surface area (Å²) in [5.41, 5.74) is 6.19. The Bertz CT molecular complexity index is 614. The predicted octanol–water partition coefficient (Wildman–Crippen LogP) is 0.893. The number of nitrogens with two attached hydrogens (primary N) is 1. The number of rotatable bonds is 5. The first-order chi connectivity index (χ1) is 9.80. The summed E-state index contributed by atoms with van der Waals surface area (Å²) >= 11 is 4.87. The molecule has 1 aromatic rings. The Hall–Kier alpha value is -1.02. The van der Waals surface area contributed by atoms with Gasteiger partial charge in [-0.15, -0.1) is 0 Å². The van der Waals surface area contributed by atoms with Crippen molar-refractivity contribution in [2.75, 3.05) is 33.7 Å². The Labute approximate surface area is 131 Å². The molecule has 1 aliphatic rings. The summed E-state index contributed by atoms with van der Waals surface area (Å²) < 4.78 is 26.5. The molecule has 5 nitrogen and oxygen atoms in total. The van der Waals surface area contributed by atoms with Crippen molar-refractivity contribution in [3.8, 4) is 0 Å². The molecule has 1 saturated heterocycles. The Kier molecular flexibility index (Phi) is 4.98. The first kappa shape index (κ1) is 16.4. The normalized spacial score (nSPS) is 20.0. The van der Waals surface area contributed by atoms with Crippen molar-refractivity contribution < 1.29 is 8.42 Å². The summed E-state index contributed by atoms with van der Waals surface area (Å²) in [6.07, 6.45) is 1.04. The third-order valence-corrected chi connectivity index (χ3v) is 5.92. The number of sulfonamides is 1. The predicted molar refractivity (Wildman–Crippen MR) is 87.7 cm³/mol. The molecule has 0 radical (unpaired) electrons. The zero-order valence-electron chi connectivity index (χ0n) is 12.3. The van der Waals surface area contributed by atoms with Gasteiger partial charge in [0.1, 0.15) is 4.99 Å². The van der Waals surface area contributed by atoms with Gasteiger partial charge in [0.05, 0.1) is 4.90 Å². The van der Waals surface area contributed by atoms with Gasteiger partial charge < -0.3 is 10.6 Å². The average molecular weight is 327 g/mol. The van der Waals surface area contributed by atoms with Gasteiger partial charge in [0, 0.05) is 25.7 Å². The van der Waals surface area contributed by atoms with Crippen LogP contribution in [-0.4, -0.2) is 56.3 Å². The summed E-state index contributed by atoms with van der Waals surface area (Å²) in [5.74, 6) is 0.394. The van der Waals surface area contributed by atoms with Crippen LogP contribution in [0.5, 0.6) is 0 Å². The molecule has 1 aliphatic heterocycles. The van der Waals surface area contributed by atoms with Crippen LogP contribution in [0.4, 0.5) is 0 Å². The highest BCUT2D eigenvalue weighted by molar-refractivity contribution is 7.89. The lowest BCUT2D eigenvalue weighted by molar-refractivity contribution is 0.357. The molecule has 1 unspecified atom stereocenters. The highest BCUT2D eigenvalue weighted by Crippen LogP contribution is 2.20. The van der Waals surface area contributed by atoms with Crippen molar-refractivity contribution in [1.82, 2.24) is 9.21 Å². The zero-order chi connectivity index (χ0) is 15.6. The molecule has 0 amide bonds. The third kappa shape index (κ3) is 3.79. The van der Waals surface area contributed by atoms with E-state index in [1.54, 1.807) is 31.3 Å². The van der Waals surface area contributed by atoms with Crippen LogP contribution in [0, 0.1) is 5.92 Å². The van der Waals surface area contributed by atoms with Crippen molar-refractivity contribution in [3.63, 3.8) is 0 Å². The maximum absolute atomic E-state index is 12.5. The summed E-state index contributed by atoms with van der Waals surface area (Å²) in [4.78, 5) is 2.76. The van der Waals surface area contributed by atoms with Gasteiger partial charge in [0.15, 0.2) is 0 Å². The standard InChI is InChI=1S/C14H21N3O2S2/c1-16-8-7-11(9-16)10-17(2)21(18,19)13-5-3-12(4-6-13)14(15)20/h3-6,11H,7-10H2,1-2H3,(H2,15,20). The minimum atomic E-state index is -3.46. The number of hydrogen-bond acceptors (Lipinski definition) is 4. The lowest BCUT2D eigenvalue weighted by Crippen LogP contribution is -2.32. The Morgan fingerprint density at radius 2 is 2.05 bits per heavy atom. The van der Waals surface area contributed by atoms with Crippen LogP contribution in [0.25, 0.3) is 0 Å². The van der Waals surface area contributed by atoms with Crippen molar-refractivity contribution in [3.05, 3.63) is 29.8 Å². The Morgan fingerprint density at radius 1 is 1.43 bits per heavy atom. The van der Waals surface area contributed by atoms with Crippen LogP contribution >= 0.6 is 12.2 Å². The summed E-state index contributed by atoms with van der Waals surface area (Å²) in [5, 5.41) is 0. The fourth-order valence-electron chi connectivity index (χ4n) is 2.61. The number of likely N-dealkylation sites (tertiary alicyclic amines) is 1. The fraction of sp³-hybridized carbons (Fsp3) is 0.500. The second-order valence-electron chi connectivity index (χ2n) is 5.59. The molecule has 0 aliphatic carbocycles. The summed E-state index contributed by atoms with van der Waals surface area (Å²) in [6.45, 7) is 2.52. The van der Waals surface area contributed by atoms with Crippen molar-refractivity contribution in [1.29, 1.82) is 0 Å². The molecule has 2 rings (SSSR count). The third-order valence-electron chi connectivity index (χ3n) is 3.85. The van der Waals surface area contributed by atoms with E-state index in [9.17, 15) is 8.42 Å². The monoisotopic (exact) mass is 327 g/mol. The molecule has 116 valence electrons. The van der Waals surface area contributed by atoms with E-state index >= 15 is 0 Å². The largest absolute Gasteiger partial charge is 0.389 e. The minimum absolute atomic E-state index is 0.265. The summed E-state index contributed by atoms with van der Waals surface area (Å²) in [7, 11) is 0.237. The molecule has 7 heteroatoms. The van der Waals surface area contributed by atoms with E-state index in [-0.39, 0.29) is 9.88 Å². The van der Waals surface area contributed by atoms with E-state index in [1.165, 1.54) is 4.31 Å². The highest BCUT2D eigenvalue weighted by atomic mass is 32.2. The van der Waals surface area contributed by atoms with E-state index < -0.39 is 10.0 Å². The second-order valence-corrected chi connectivity index (χ2v) is 8.08. The molecule has 2 N–H and O–H groups in total. The Morgan fingerprint density at radius 3 is 2.52 bits per heavy atom. The van der Waals surface area contributed by atoms with E-state index in [4.69, 9.17) is 18.0 Å². The maximum atomic E-state index is 12.5. The smallest absolute Gasteiger partial charge is 0.242 e. The van der Waals surface area contributed by atoms with E-state index in [1.807, 2.05) is 0 Å². The molecule has 1 aromatic carbocycles. The second kappa shape index (κ2) is 6.39. The van der Waals surface area contributed by atoms with Gasteiger partial charge in [-0.2, -0.15) is 0 Å². The molecule has 1 fully saturated rings. The minimum Gasteiger partial charge on any atom is -0.389 e. The lowest BCUT2D eigenvalue weighted by Gasteiger charge is -2.21. The van der Waals surface area contributed by atoms with Gasteiger partial charge in [-0.05, 0) is 38.1 Å². The number of nitrogens with zero attached hydrogens (tertiary/aromatic N) is 2. The first-order valence-electron chi connectivity index (χ1n) is 6.85. The van der Waals surface area contributed by atoms with Gasteiger partial charge in [0.25, 0.3) is 0 Å². The van der Waals surface area contributed by atoms with Gasteiger partial charge >= 0.3 is 0 Å². The van der Waals surface area contributed by atoms with Gasteiger partial charge in [-0.25, -0.2) is 12.7 Å².